The first-order chi connectivity index (χ1) is 11.0. The van der Waals surface area contributed by atoms with Crippen LogP contribution in [0.4, 0.5) is 26.3 Å². The average molecular weight is 686 g/mol. The van der Waals surface area contributed by atoms with Crippen LogP contribution in [0.5, 0.6) is 0 Å². The fourth-order valence-corrected chi connectivity index (χ4v) is 35.8. The van der Waals surface area contributed by atoms with Crippen LogP contribution in [-0.4, -0.2) is 69.0 Å². The van der Waals surface area contributed by atoms with Gasteiger partial charge in [-0.25, -0.2) is 0 Å². The summed E-state index contributed by atoms with van der Waals surface area (Å²) in [6.45, 7) is 0. The van der Waals surface area contributed by atoms with E-state index in [2.05, 4.69) is 0 Å². The van der Waals surface area contributed by atoms with Crippen LogP contribution < -0.4 is 0 Å². The van der Waals surface area contributed by atoms with Gasteiger partial charge in [0.2, 0.25) is 0 Å². The summed E-state index contributed by atoms with van der Waals surface area (Å²) in [5.74, 6) is 0. The molecule has 26 heavy (non-hydrogen) atoms. The van der Waals surface area contributed by atoms with Crippen molar-refractivity contribution in [2.75, 3.05) is 0 Å². The molecule has 0 saturated carbocycles. The molecule has 0 aliphatic rings. The number of rotatable bonds is 7. The van der Waals surface area contributed by atoms with E-state index in [0.29, 0.717) is 0 Å². The number of alkyl halides is 6. The number of nitrogens with zero attached hydrogens (tertiary/aromatic N) is 2. The summed E-state index contributed by atoms with van der Waals surface area (Å²) in [4.78, 5) is 7.80. The maximum absolute atomic E-state index is 12.9. The van der Waals surface area contributed by atoms with E-state index in [1.165, 1.54) is 29.6 Å². The van der Waals surface area contributed by atoms with Gasteiger partial charge in [-0.1, -0.05) is 0 Å². The molecular weight excluding hydrogens is 668 g/mol. The third kappa shape index (κ3) is 6.61. The molecular formula is C8H18F6N2O4S4Sn2. The van der Waals surface area contributed by atoms with Crippen molar-refractivity contribution in [3.63, 3.8) is 0 Å². The molecule has 0 aromatic carbocycles. The summed E-state index contributed by atoms with van der Waals surface area (Å²) in [6, 6.07) is 0. The quantitative estimate of drug-likeness (QED) is 0.174. The normalized spacial score (nSPS) is 15.8. The van der Waals surface area contributed by atoms with Gasteiger partial charge >= 0.3 is 167 Å². The van der Waals surface area contributed by atoms with Gasteiger partial charge in [0.25, 0.3) is 0 Å². The first-order valence-corrected chi connectivity index (χ1v) is 31.2. The Labute approximate surface area is 165 Å². The number of hydrogen-bond donors (Lipinski definition) is 0. The zero-order valence-corrected chi connectivity index (χ0v) is 23.4. The van der Waals surface area contributed by atoms with Crippen LogP contribution in [-0.2, 0) is 20.0 Å². The SMILES string of the molecule is [CH3][Sn]([CH3])([CH3])[N](SS[N](S(=O)(=O)C(F)(F)F)[Sn]([CH3])([CH3])[CH3])S(=O)(=O)C(F)(F)F. The minimum atomic E-state index is -5.83. The van der Waals surface area contributed by atoms with Gasteiger partial charge in [-0.3, -0.25) is 0 Å². The van der Waals surface area contributed by atoms with Gasteiger partial charge < -0.3 is 0 Å². The van der Waals surface area contributed by atoms with E-state index in [4.69, 9.17) is 0 Å². The molecule has 0 atom stereocenters. The van der Waals surface area contributed by atoms with Crippen molar-refractivity contribution >= 4 is 79.3 Å². The molecule has 0 unspecified atom stereocenters. The van der Waals surface area contributed by atoms with E-state index < -0.39 is 68.4 Å². The third-order valence-corrected chi connectivity index (χ3v) is 36.8. The Hall–Kier alpha value is 1.70. The predicted molar refractivity (Wildman–Crippen MR) is 95.5 cm³/mol. The second kappa shape index (κ2) is 8.44. The van der Waals surface area contributed by atoms with Crippen LogP contribution >= 0.6 is 22.0 Å². The molecule has 0 bridgehead atoms. The van der Waals surface area contributed by atoms with Crippen LogP contribution in [0.15, 0.2) is 0 Å². The molecule has 6 nitrogen and oxygen atoms in total. The van der Waals surface area contributed by atoms with Crippen molar-refractivity contribution < 1.29 is 43.2 Å². The standard InChI is InChI=1S/C2F6N2O4S4.6CH3.2Sn/c3-1(4,5)17(11,12)9-15-16-10-18(13,14)2(6,7)8;;;;;;;;/h;6*1H3;;/q-2;;;;;;;2*+1. The van der Waals surface area contributed by atoms with Crippen molar-refractivity contribution in [1.29, 1.82) is 0 Å². The Bertz CT molecular complexity index is 649. The van der Waals surface area contributed by atoms with Gasteiger partial charge in [-0.15, -0.1) is 0 Å². The third-order valence-electron chi connectivity index (χ3n) is 2.29. The van der Waals surface area contributed by atoms with E-state index in [9.17, 15) is 43.2 Å². The van der Waals surface area contributed by atoms with Crippen LogP contribution in [0.3, 0.4) is 0 Å². The average Bonchev–Trinajstić information content (AvgIpc) is 2.27. The summed E-state index contributed by atoms with van der Waals surface area (Å²) < 4.78 is 124. The summed E-state index contributed by atoms with van der Waals surface area (Å²) in [5.41, 5.74) is -11.3. The zero-order valence-electron chi connectivity index (χ0n) is 14.4. The van der Waals surface area contributed by atoms with Gasteiger partial charge in [0.15, 0.2) is 0 Å². The maximum atomic E-state index is 12.9. The molecule has 0 spiro atoms. The second-order valence-corrected chi connectivity index (χ2v) is 43.8. The van der Waals surface area contributed by atoms with Crippen molar-refractivity contribution in [3.05, 3.63) is 0 Å². The van der Waals surface area contributed by atoms with Crippen molar-refractivity contribution in [2.45, 2.75) is 40.7 Å². The van der Waals surface area contributed by atoms with Gasteiger partial charge in [-0.2, -0.15) is 0 Å². The molecule has 0 aromatic rings. The van der Waals surface area contributed by atoms with Crippen molar-refractivity contribution in [2.24, 2.45) is 0 Å². The van der Waals surface area contributed by atoms with E-state index in [1.54, 1.807) is 0 Å². The fourth-order valence-electron chi connectivity index (χ4n) is 1.27. The van der Waals surface area contributed by atoms with Gasteiger partial charge in [0.1, 0.15) is 0 Å². The first-order valence-electron chi connectivity index (χ1n) is 6.55. The van der Waals surface area contributed by atoms with E-state index in [-0.39, 0.29) is 25.8 Å². The topological polar surface area (TPSA) is 74.8 Å². The van der Waals surface area contributed by atoms with Gasteiger partial charge in [0, 0.05) is 0 Å². The summed E-state index contributed by atoms with van der Waals surface area (Å²) in [5, 5.41) is 0. The molecule has 0 fully saturated rings. The van der Waals surface area contributed by atoms with E-state index >= 15 is 0 Å². The molecule has 0 aliphatic carbocycles. The van der Waals surface area contributed by atoms with Crippen LogP contribution in [0.25, 0.3) is 0 Å². The Morgan fingerprint density at radius 3 is 0.923 bits per heavy atom. The van der Waals surface area contributed by atoms with Crippen LogP contribution in [0, 0.1) is 0 Å². The predicted octanol–water partition coefficient (Wildman–Crippen LogP) is 4.17. The Morgan fingerprint density at radius 1 is 0.615 bits per heavy atom. The number of hydrogen-bond acceptors (Lipinski definition) is 6. The summed E-state index contributed by atoms with van der Waals surface area (Å²) in [7, 11) is -11.9. The summed E-state index contributed by atoms with van der Waals surface area (Å²) in [6.07, 6.45) is 0. The number of sulfonamides is 2. The van der Waals surface area contributed by atoms with Gasteiger partial charge in [0.05, 0.1) is 0 Å². The molecule has 0 aliphatic heterocycles. The Balaban J connectivity index is 6.04. The Kier molecular flexibility index (Phi) is 8.99. The van der Waals surface area contributed by atoms with Crippen molar-refractivity contribution in [1.82, 2.24) is 3.86 Å². The zero-order chi connectivity index (χ0) is 21.6. The molecule has 0 heterocycles. The van der Waals surface area contributed by atoms with E-state index in [1.807, 2.05) is 0 Å². The molecule has 0 rings (SSSR count). The van der Waals surface area contributed by atoms with Crippen LogP contribution in [0.1, 0.15) is 0 Å². The number of halogens is 6. The molecule has 0 amide bonds. The fraction of sp³-hybridized carbons (Fsp3) is 1.00. The van der Waals surface area contributed by atoms with Gasteiger partial charge in [-0.05, 0) is 0 Å². The van der Waals surface area contributed by atoms with E-state index in [0.717, 1.165) is 0 Å². The molecule has 0 N–H and O–H groups in total. The minimum absolute atomic E-state index is 0.0584. The second-order valence-electron chi connectivity index (χ2n) is 6.85. The molecule has 0 radical (unpaired) electrons. The summed E-state index contributed by atoms with van der Waals surface area (Å²) >= 11 is -8.17. The molecule has 0 aromatic heterocycles. The van der Waals surface area contributed by atoms with Crippen LogP contribution in [0.2, 0.25) is 29.6 Å². The molecule has 158 valence electrons. The first kappa shape index (κ1) is 27.7. The van der Waals surface area contributed by atoms with Crippen molar-refractivity contribution in [3.8, 4) is 0 Å². The molecule has 18 heteroatoms. The Morgan fingerprint density at radius 2 is 0.808 bits per heavy atom. The molecule has 0 saturated heterocycles. The monoisotopic (exact) mass is 688 g/mol.